The molecule has 6 heteroatoms. The number of methoxy groups -OCH3 is 1. The second-order valence-electron chi connectivity index (χ2n) is 7.18. The van der Waals surface area contributed by atoms with Gasteiger partial charge in [-0.3, -0.25) is 4.90 Å². The molecule has 0 radical (unpaired) electrons. The number of piperazine rings is 1. The average molecular weight is 400 g/mol. The third-order valence-electron chi connectivity index (χ3n) is 5.15. The highest BCUT2D eigenvalue weighted by Crippen LogP contribution is 2.25. The standard InChI is InChI=1S/C24H24N4O2/c1-29-21-9-5-8-19(16-21)10-11-23-26-22(17-25)24(30-23)28-14-12-27(13-15-28)18-20-6-3-2-4-7-20/h2-11,16H,12-15,18H2,1H3. The molecule has 1 saturated heterocycles. The molecular weight excluding hydrogens is 376 g/mol. The van der Waals surface area contributed by atoms with Crippen LogP contribution in [0.3, 0.4) is 0 Å². The summed E-state index contributed by atoms with van der Waals surface area (Å²) in [6.07, 6.45) is 3.68. The molecule has 0 aliphatic carbocycles. The van der Waals surface area contributed by atoms with Gasteiger partial charge in [0.05, 0.1) is 7.11 Å². The number of oxazole rings is 1. The maximum atomic E-state index is 9.51. The predicted octanol–water partition coefficient (Wildman–Crippen LogP) is 4.05. The number of rotatable bonds is 6. The maximum absolute atomic E-state index is 9.51. The molecule has 1 aliphatic heterocycles. The molecule has 2 heterocycles. The Morgan fingerprint density at radius 3 is 2.60 bits per heavy atom. The molecule has 0 atom stereocenters. The minimum atomic E-state index is 0.330. The molecule has 0 unspecified atom stereocenters. The van der Waals surface area contributed by atoms with Crippen molar-refractivity contribution in [2.75, 3.05) is 38.2 Å². The summed E-state index contributed by atoms with van der Waals surface area (Å²) >= 11 is 0. The summed E-state index contributed by atoms with van der Waals surface area (Å²) in [5.41, 5.74) is 2.62. The van der Waals surface area contributed by atoms with Crippen LogP contribution in [0.2, 0.25) is 0 Å². The van der Waals surface area contributed by atoms with Crippen molar-refractivity contribution in [2.24, 2.45) is 0 Å². The van der Waals surface area contributed by atoms with Crippen molar-refractivity contribution in [1.82, 2.24) is 9.88 Å². The third kappa shape index (κ3) is 4.70. The van der Waals surface area contributed by atoms with Crippen LogP contribution >= 0.6 is 0 Å². The molecular formula is C24H24N4O2. The minimum absolute atomic E-state index is 0.330. The van der Waals surface area contributed by atoms with Crippen LogP contribution in [0.15, 0.2) is 59.0 Å². The lowest BCUT2D eigenvalue weighted by Gasteiger charge is -2.34. The van der Waals surface area contributed by atoms with Crippen LogP contribution < -0.4 is 9.64 Å². The van der Waals surface area contributed by atoms with Gasteiger partial charge >= 0.3 is 0 Å². The Hall–Kier alpha value is -3.56. The highest BCUT2D eigenvalue weighted by atomic mass is 16.5. The van der Waals surface area contributed by atoms with E-state index in [0.29, 0.717) is 17.5 Å². The highest BCUT2D eigenvalue weighted by molar-refractivity contribution is 5.68. The molecule has 1 fully saturated rings. The second kappa shape index (κ2) is 9.29. The van der Waals surface area contributed by atoms with Gasteiger partial charge < -0.3 is 14.1 Å². The van der Waals surface area contributed by atoms with Gasteiger partial charge in [-0.05, 0) is 29.3 Å². The second-order valence-corrected chi connectivity index (χ2v) is 7.18. The Bertz CT molecular complexity index is 1040. The quantitative estimate of drug-likeness (QED) is 0.622. The van der Waals surface area contributed by atoms with Gasteiger partial charge in [-0.25, -0.2) is 0 Å². The molecule has 0 saturated carbocycles. The first-order valence-electron chi connectivity index (χ1n) is 9.99. The first kappa shape index (κ1) is 19.7. The molecule has 0 bridgehead atoms. The van der Waals surface area contributed by atoms with Crippen molar-refractivity contribution in [3.63, 3.8) is 0 Å². The van der Waals surface area contributed by atoms with Gasteiger partial charge in [-0.1, -0.05) is 42.5 Å². The summed E-state index contributed by atoms with van der Waals surface area (Å²) in [5, 5.41) is 9.51. The van der Waals surface area contributed by atoms with Gasteiger partial charge in [-0.2, -0.15) is 10.2 Å². The number of benzene rings is 2. The molecule has 1 aliphatic rings. The summed E-state index contributed by atoms with van der Waals surface area (Å²) in [6.45, 7) is 4.36. The van der Waals surface area contributed by atoms with Gasteiger partial charge in [0.15, 0.2) is 0 Å². The first-order valence-corrected chi connectivity index (χ1v) is 9.99. The number of anilines is 1. The summed E-state index contributed by atoms with van der Waals surface area (Å²) in [7, 11) is 1.64. The number of nitrogens with zero attached hydrogens (tertiary/aromatic N) is 4. The Morgan fingerprint density at radius 2 is 1.87 bits per heavy atom. The molecule has 152 valence electrons. The van der Waals surface area contributed by atoms with Crippen LogP contribution in [-0.2, 0) is 6.54 Å². The van der Waals surface area contributed by atoms with Crippen LogP contribution in [0.5, 0.6) is 5.75 Å². The van der Waals surface area contributed by atoms with Crippen molar-refractivity contribution < 1.29 is 9.15 Å². The monoisotopic (exact) mass is 400 g/mol. The van der Waals surface area contributed by atoms with E-state index in [1.807, 2.05) is 36.4 Å². The summed E-state index contributed by atoms with van der Waals surface area (Å²) in [4.78, 5) is 8.87. The fraction of sp³-hybridized carbons (Fsp3) is 0.250. The van der Waals surface area contributed by atoms with E-state index in [0.717, 1.165) is 44.0 Å². The maximum Gasteiger partial charge on any atom is 0.235 e. The fourth-order valence-corrected chi connectivity index (χ4v) is 3.55. The van der Waals surface area contributed by atoms with Crippen LogP contribution in [0, 0.1) is 11.3 Å². The van der Waals surface area contributed by atoms with Crippen LogP contribution in [0.25, 0.3) is 12.2 Å². The number of nitriles is 1. The predicted molar refractivity (Wildman–Crippen MR) is 117 cm³/mol. The van der Waals surface area contributed by atoms with Crippen molar-refractivity contribution >= 4 is 18.0 Å². The fourth-order valence-electron chi connectivity index (χ4n) is 3.55. The third-order valence-corrected chi connectivity index (χ3v) is 5.15. The number of ether oxygens (including phenoxy) is 1. The van der Waals surface area contributed by atoms with Gasteiger partial charge in [0.1, 0.15) is 11.8 Å². The molecule has 1 aromatic heterocycles. The van der Waals surface area contributed by atoms with Gasteiger partial charge in [-0.15, -0.1) is 0 Å². The Kier molecular flexibility index (Phi) is 6.11. The lowest BCUT2D eigenvalue weighted by Crippen LogP contribution is -2.46. The Balaban J connectivity index is 1.42. The highest BCUT2D eigenvalue weighted by Gasteiger charge is 2.23. The van der Waals surface area contributed by atoms with E-state index in [4.69, 9.17) is 9.15 Å². The molecule has 3 aromatic rings. The topological polar surface area (TPSA) is 65.5 Å². The van der Waals surface area contributed by atoms with Crippen molar-refractivity contribution in [3.8, 4) is 11.8 Å². The van der Waals surface area contributed by atoms with E-state index >= 15 is 0 Å². The Labute approximate surface area is 176 Å². The summed E-state index contributed by atoms with van der Waals surface area (Å²) < 4.78 is 11.2. The zero-order chi connectivity index (χ0) is 20.8. The van der Waals surface area contributed by atoms with E-state index < -0.39 is 0 Å². The largest absolute Gasteiger partial charge is 0.497 e. The SMILES string of the molecule is COc1cccc(C=Cc2nc(C#N)c(N3CCN(Cc4ccccc4)CC3)o2)c1. The van der Waals surface area contributed by atoms with Crippen molar-refractivity contribution in [2.45, 2.75) is 6.54 Å². The average Bonchev–Trinajstić information content (AvgIpc) is 3.22. The zero-order valence-corrected chi connectivity index (χ0v) is 17.0. The first-order chi connectivity index (χ1) is 14.7. The number of hydrogen-bond acceptors (Lipinski definition) is 6. The van der Waals surface area contributed by atoms with E-state index in [-0.39, 0.29) is 0 Å². The smallest absolute Gasteiger partial charge is 0.235 e. The molecule has 4 rings (SSSR count). The lowest BCUT2D eigenvalue weighted by atomic mass is 10.2. The molecule has 30 heavy (non-hydrogen) atoms. The van der Waals surface area contributed by atoms with E-state index in [2.05, 4.69) is 45.1 Å². The molecule has 2 aromatic carbocycles. The van der Waals surface area contributed by atoms with Crippen LogP contribution in [0.1, 0.15) is 22.7 Å². The zero-order valence-electron chi connectivity index (χ0n) is 17.0. The molecule has 0 spiro atoms. The normalized spacial score (nSPS) is 14.7. The minimum Gasteiger partial charge on any atom is -0.497 e. The Morgan fingerprint density at radius 1 is 1.07 bits per heavy atom. The number of aromatic nitrogens is 1. The van der Waals surface area contributed by atoms with Gasteiger partial charge in [0.2, 0.25) is 17.5 Å². The van der Waals surface area contributed by atoms with Gasteiger partial charge in [0, 0.05) is 38.8 Å². The summed E-state index contributed by atoms with van der Waals surface area (Å²) in [6, 6.07) is 20.4. The number of hydrogen-bond donors (Lipinski definition) is 0. The van der Waals surface area contributed by atoms with Gasteiger partial charge in [0.25, 0.3) is 0 Å². The van der Waals surface area contributed by atoms with Crippen molar-refractivity contribution in [3.05, 3.63) is 77.3 Å². The summed E-state index contributed by atoms with van der Waals surface area (Å²) in [5.74, 6) is 1.77. The van der Waals surface area contributed by atoms with E-state index in [1.165, 1.54) is 5.56 Å². The lowest BCUT2D eigenvalue weighted by molar-refractivity contribution is 0.246. The van der Waals surface area contributed by atoms with Crippen LogP contribution in [0.4, 0.5) is 5.88 Å². The van der Waals surface area contributed by atoms with E-state index in [9.17, 15) is 5.26 Å². The van der Waals surface area contributed by atoms with Crippen molar-refractivity contribution in [1.29, 1.82) is 5.26 Å². The van der Waals surface area contributed by atoms with E-state index in [1.54, 1.807) is 13.2 Å². The molecule has 0 amide bonds. The molecule has 0 N–H and O–H groups in total. The van der Waals surface area contributed by atoms with Crippen LogP contribution in [-0.4, -0.2) is 43.2 Å². The molecule has 6 nitrogen and oxygen atoms in total.